The molecule has 0 aliphatic carbocycles. The summed E-state index contributed by atoms with van der Waals surface area (Å²) >= 11 is 0.818. The van der Waals surface area contributed by atoms with E-state index in [9.17, 15) is 9.18 Å². The lowest BCUT2D eigenvalue weighted by atomic mass is 10.1. The van der Waals surface area contributed by atoms with Crippen molar-refractivity contribution in [1.29, 1.82) is 0 Å². The van der Waals surface area contributed by atoms with Crippen molar-refractivity contribution in [2.75, 3.05) is 25.5 Å². The van der Waals surface area contributed by atoms with Gasteiger partial charge in [0.05, 0.1) is 6.20 Å². The molecule has 0 radical (unpaired) electrons. The molecular formula is C10H15FN4OS. The Morgan fingerprint density at radius 3 is 3.18 bits per heavy atom. The fourth-order valence-corrected chi connectivity index (χ4v) is 2.45. The number of nitrogens with zero attached hydrogens (tertiary/aromatic N) is 2. The summed E-state index contributed by atoms with van der Waals surface area (Å²) in [6, 6.07) is -0.168. The molecule has 1 saturated heterocycles. The van der Waals surface area contributed by atoms with Crippen LogP contribution in [0.25, 0.3) is 0 Å². The number of amides is 2. The molecule has 2 amide bonds. The third-order valence-corrected chi connectivity index (χ3v) is 3.36. The van der Waals surface area contributed by atoms with E-state index in [1.807, 2.05) is 7.05 Å². The third-order valence-electron chi connectivity index (χ3n) is 2.66. The lowest BCUT2D eigenvalue weighted by Crippen LogP contribution is -2.47. The van der Waals surface area contributed by atoms with Crippen LogP contribution in [0.3, 0.4) is 0 Å². The van der Waals surface area contributed by atoms with Crippen molar-refractivity contribution < 1.29 is 9.18 Å². The molecule has 5 nitrogen and oxygen atoms in total. The summed E-state index contributed by atoms with van der Waals surface area (Å²) < 4.78 is 12.7. The largest absolute Gasteiger partial charge is 0.334 e. The minimum atomic E-state index is -0.405. The summed E-state index contributed by atoms with van der Waals surface area (Å²) in [6.07, 6.45) is 3.14. The van der Waals surface area contributed by atoms with E-state index in [0.29, 0.717) is 0 Å². The molecular weight excluding hydrogens is 243 g/mol. The fraction of sp³-hybridized carbons (Fsp3) is 0.600. The van der Waals surface area contributed by atoms with Crippen molar-refractivity contribution in [3.63, 3.8) is 0 Å². The highest BCUT2D eigenvalue weighted by Crippen LogP contribution is 2.15. The molecule has 0 saturated carbocycles. The zero-order valence-corrected chi connectivity index (χ0v) is 10.4. The van der Waals surface area contributed by atoms with E-state index < -0.39 is 5.13 Å². The van der Waals surface area contributed by atoms with E-state index in [2.05, 4.69) is 20.5 Å². The third kappa shape index (κ3) is 3.64. The van der Waals surface area contributed by atoms with Crippen LogP contribution in [0, 0.1) is 5.13 Å². The van der Waals surface area contributed by atoms with Gasteiger partial charge in [-0.05, 0) is 26.4 Å². The average molecular weight is 258 g/mol. The molecule has 0 unspecified atom stereocenters. The maximum Gasteiger partial charge on any atom is 0.321 e. The highest BCUT2D eigenvalue weighted by atomic mass is 32.1. The number of nitrogens with one attached hydrogen (secondary N) is 2. The molecule has 1 atom stereocenters. The van der Waals surface area contributed by atoms with Gasteiger partial charge in [-0.1, -0.05) is 11.3 Å². The Morgan fingerprint density at radius 1 is 1.71 bits per heavy atom. The minimum Gasteiger partial charge on any atom is -0.334 e. The predicted molar refractivity (Wildman–Crippen MR) is 64.7 cm³/mol. The SMILES string of the molecule is CN1CCC[C@@H](NC(=O)Nc2ncc(F)s2)C1. The first-order chi connectivity index (χ1) is 8.13. The van der Waals surface area contributed by atoms with Gasteiger partial charge in [0, 0.05) is 12.6 Å². The second-order valence-corrected chi connectivity index (χ2v) is 5.15. The van der Waals surface area contributed by atoms with Crippen LogP contribution in [0.5, 0.6) is 0 Å². The number of halogens is 1. The molecule has 17 heavy (non-hydrogen) atoms. The summed E-state index contributed by atoms with van der Waals surface area (Å²) in [5, 5.41) is 5.26. The number of carbonyl (C=O) groups excluding carboxylic acids is 1. The zero-order valence-electron chi connectivity index (χ0n) is 9.57. The molecule has 1 aromatic rings. The lowest BCUT2D eigenvalue weighted by Gasteiger charge is -2.29. The van der Waals surface area contributed by atoms with Gasteiger partial charge in [-0.3, -0.25) is 5.32 Å². The number of likely N-dealkylation sites (N-methyl/N-ethyl adjacent to an activating group) is 1. The standard InChI is InChI=1S/C10H15FN4OS/c1-15-4-2-3-7(6-15)13-9(16)14-10-12-5-8(11)17-10/h5,7H,2-4,6H2,1H3,(H2,12,13,14,16)/t7-/m1/s1. The molecule has 1 fully saturated rings. The quantitative estimate of drug-likeness (QED) is 0.845. The Hall–Kier alpha value is -1.21. The van der Waals surface area contributed by atoms with Gasteiger partial charge in [0.1, 0.15) is 0 Å². The van der Waals surface area contributed by atoms with Crippen molar-refractivity contribution in [3.8, 4) is 0 Å². The zero-order chi connectivity index (χ0) is 12.3. The molecule has 0 aromatic carbocycles. The van der Waals surface area contributed by atoms with Crippen LogP contribution in [0.1, 0.15) is 12.8 Å². The van der Waals surface area contributed by atoms with Gasteiger partial charge >= 0.3 is 6.03 Å². The first-order valence-electron chi connectivity index (χ1n) is 5.51. The summed E-state index contributed by atoms with van der Waals surface area (Å²) in [5.41, 5.74) is 0. The Balaban J connectivity index is 1.80. The van der Waals surface area contributed by atoms with Gasteiger partial charge in [0.15, 0.2) is 10.3 Å². The molecule has 1 aliphatic rings. The molecule has 1 aromatic heterocycles. The molecule has 94 valence electrons. The number of likely N-dealkylation sites (tertiary alicyclic amines) is 1. The number of urea groups is 1. The van der Waals surface area contributed by atoms with E-state index in [1.165, 1.54) is 0 Å². The van der Waals surface area contributed by atoms with E-state index in [4.69, 9.17) is 0 Å². The van der Waals surface area contributed by atoms with Crippen LogP contribution in [0.4, 0.5) is 14.3 Å². The monoisotopic (exact) mass is 258 g/mol. The summed E-state index contributed by atoms with van der Waals surface area (Å²) in [4.78, 5) is 17.5. The molecule has 2 heterocycles. The second kappa shape index (κ2) is 5.42. The summed E-state index contributed by atoms with van der Waals surface area (Å²) in [6.45, 7) is 1.91. The number of anilines is 1. The van der Waals surface area contributed by atoms with Crippen molar-refractivity contribution in [3.05, 3.63) is 11.3 Å². The molecule has 7 heteroatoms. The smallest absolute Gasteiger partial charge is 0.321 e. The number of piperidine rings is 1. The number of carbonyl (C=O) groups is 1. The number of hydrogen-bond acceptors (Lipinski definition) is 4. The van der Waals surface area contributed by atoms with Gasteiger partial charge in [0.25, 0.3) is 0 Å². The van der Waals surface area contributed by atoms with Crippen LogP contribution in [-0.4, -0.2) is 42.1 Å². The first-order valence-corrected chi connectivity index (χ1v) is 6.32. The predicted octanol–water partition coefficient (Wildman–Crippen LogP) is 1.50. The van der Waals surface area contributed by atoms with Crippen molar-refractivity contribution in [2.24, 2.45) is 0 Å². The normalized spacial score (nSPS) is 21.2. The Labute approximate surface area is 103 Å². The van der Waals surface area contributed by atoms with Crippen LogP contribution >= 0.6 is 11.3 Å². The van der Waals surface area contributed by atoms with Gasteiger partial charge in [-0.2, -0.15) is 4.39 Å². The van der Waals surface area contributed by atoms with Crippen LogP contribution in [0.2, 0.25) is 0 Å². The summed E-state index contributed by atoms with van der Waals surface area (Å²) in [7, 11) is 2.03. The molecule has 1 aliphatic heterocycles. The van der Waals surface area contributed by atoms with E-state index >= 15 is 0 Å². The topological polar surface area (TPSA) is 57.3 Å². The van der Waals surface area contributed by atoms with Crippen molar-refractivity contribution in [2.45, 2.75) is 18.9 Å². The van der Waals surface area contributed by atoms with Gasteiger partial charge in [-0.15, -0.1) is 0 Å². The van der Waals surface area contributed by atoms with Crippen LogP contribution < -0.4 is 10.6 Å². The Kier molecular flexibility index (Phi) is 3.90. The Morgan fingerprint density at radius 2 is 2.53 bits per heavy atom. The van der Waals surface area contributed by atoms with E-state index in [0.717, 1.165) is 43.5 Å². The van der Waals surface area contributed by atoms with Crippen LogP contribution in [-0.2, 0) is 0 Å². The lowest BCUT2D eigenvalue weighted by molar-refractivity contribution is 0.216. The number of aromatic nitrogens is 1. The van der Waals surface area contributed by atoms with Crippen LogP contribution in [0.15, 0.2) is 6.20 Å². The summed E-state index contributed by atoms with van der Waals surface area (Å²) in [5.74, 6) is 0. The number of rotatable bonds is 2. The number of hydrogen-bond donors (Lipinski definition) is 2. The van der Waals surface area contributed by atoms with Crippen molar-refractivity contribution >= 4 is 22.5 Å². The minimum absolute atomic E-state index is 0.151. The molecule has 2 N–H and O–H groups in total. The second-order valence-electron chi connectivity index (χ2n) is 4.17. The highest BCUT2D eigenvalue weighted by Gasteiger charge is 2.19. The van der Waals surface area contributed by atoms with E-state index in [-0.39, 0.29) is 17.2 Å². The maximum absolute atomic E-state index is 12.7. The molecule has 0 bridgehead atoms. The Bertz CT molecular complexity index is 397. The maximum atomic E-state index is 12.7. The molecule has 0 spiro atoms. The van der Waals surface area contributed by atoms with E-state index in [1.54, 1.807) is 0 Å². The van der Waals surface area contributed by atoms with Gasteiger partial charge in [-0.25, -0.2) is 9.78 Å². The molecule has 2 rings (SSSR count). The van der Waals surface area contributed by atoms with Gasteiger partial charge < -0.3 is 10.2 Å². The number of thiazole rings is 1. The van der Waals surface area contributed by atoms with Gasteiger partial charge in [0.2, 0.25) is 0 Å². The highest BCUT2D eigenvalue weighted by molar-refractivity contribution is 7.14. The fourth-order valence-electron chi connectivity index (χ4n) is 1.92. The first kappa shape index (κ1) is 12.3. The average Bonchev–Trinajstić information content (AvgIpc) is 2.63. The van der Waals surface area contributed by atoms with Crippen molar-refractivity contribution in [1.82, 2.24) is 15.2 Å².